The first kappa shape index (κ1) is 19.9. The quantitative estimate of drug-likeness (QED) is 0.430. The fraction of sp³-hybridized carbons (Fsp3) is 0.200. The number of nitrogens with zero attached hydrogens (tertiary/aromatic N) is 2. The van der Waals surface area contributed by atoms with Crippen LogP contribution in [0.3, 0.4) is 0 Å². The molecule has 2 aromatic rings. The Balaban J connectivity index is 1.74. The molecule has 0 fully saturated rings. The second-order valence-corrected chi connectivity index (χ2v) is 6.57. The highest BCUT2D eigenvalue weighted by atomic mass is 16.6. The smallest absolute Gasteiger partial charge is 0.282 e. The zero-order chi connectivity index (χ0) is 21.1. The van der Waals surface area contributed by atoms with Gasteiger partial charge in [0, 0.05) is 6.07 Å². The number of nitro benzene ring substituents is 1. The molecule has 0 spiro atoms. The van der Waals surface area contributed by atoms with E-state index in [-0.39, 0.29) is 23.3 Å². The molecule has 1 aliphatic rings. The van der Waals surface area contributed by atoms with Gasteiger partial charge in [-0.2, -0.15) is 0 Å². The maximum absolute atomic E-state index is 12.5. The highest BCUT2D eigenvalue weighted by molar-refractivity contribution is 6.24. The Labute approximate surface area is 165 Å². The lowest BCUT2D eigenvalue weighted by atomic mass is 10.0. The number of nitrogens with one attached hydrogen (secondary N) is 1. The standard InChI is InChI=1S/C20H17N3O6/c1-12(24)15(10-13-6-3-2-4-7-13)21-17(25)11-22-19(26)14-8-5-9-16(23(28)29)18(14)20(22)27/h2-9,15H,10-11H2,1H3,(H,21,25)/t15-/m1/s1. The number of fused-ring (bicyclic) bond motifs is 1. The average Bonchev–Trinajstić information content (AvgIpc) is 2.93. The summed E-state index contributed by atoms with van der Waals surface area (Å²) < 4.78 is 0. The van der Waals surface area contributed by atoms with E-state index < -0.39 is 40.9 Å². The molecular formula is C20H17N3O6. The summed E-state index contributed by atoms with van der Waals surface area (Å²) in [5, 5.41) is 13.7. The number of carbonyl (C=O) groups excluding carboxylic acids is 4. The molecule has 0 saturated heterocycles. The zero-order valence-corrected chi connectivity index (χ0v) is 15.5. The van der Waals surface area contributed by atoms with E-state index in [9.17, 15) is 29.3 Å². The summed E-state index contributed by atoms with van der Waals surface area (Å²) in [6.45, 7) is 0.696. The van der Waals surface area contributed by atoms with Crippen LogP contribution in [0.2, 0.25) is 0 Å². The molecule has 0 unspecified atom stereocenters. The van der Waals surface area contributed by atoms with Crippen LogP contribution < -0.4 is 5.32 Å². The lowest BCUT2D eigenvalue weighted by Gasteiger charge is -2.18. The normalized spacial score (nSPS) is 13.8. The van der Waals surface area contributed by atoms with Gasteiger partial charge < -0.3 is 5.32 Å². The summed E-state index contributed by atoms with van der Waals surface area (Å²) in [6, 6.07) is 12.0. The van der Waals surface area contributed by atoms with Crippen molar-refractivity contribution < 1.29 is 24.1 Å². The van der Waals surface area contributed by atoms with Gasteiger partial charge in [0.25, 0.3) is 17.5 Å². The maximum Gasteiger partial charge on any atom is 0.282 e. The molecule has 3 amide bonds. The van der Waals surface area contributed by atoms with Gasteiger partial charge >= 0.3 is 0 Å². The third kappa shape index (κ3) is 4.03. The largest absolute Gasteiger partial charge is 0.344 e. The van der Waals surface area contributed by atoms with Crippen LogP contribution in [0, 0.1) is 10.1 Å². The maximum atomic E-state index is 12.5. The van der Waals surface area contributed by atoms with Crippen LogP contribution in [0.4, 0.5) is 5.69 Å². The summed E-state index contributed by atoms with van der Waals surface area (Å²) >= 11 is 0. The van der Waals surface area contributed by atoms with Gasteiger partial charge in [-0.15, -0.1) is 0 Å². The summed E-state index contributed by atoms with van der Waals surface area (Å²) in [6.07, 6.45) is 0.259. The van der Waals surface area contributed by atoms with E-state index >= 15 is 0 Å². The molecule has 148 valence electrons. The van der Waals surface area contributed by atoms with Crippen molar-refractivity contribution in [2.24, 2.45) is 0 Å². The van der Waals surface area contributed by atoms with E-state index in [0.717, 1.165) is 11.6 Å². The number of ketones is 1. The SMILES string of the molecule is CC(=O)[C@@H](Cc1ccccc1)NC(=O)CN1C(=O)c2cccc([N+](=O)[O-])c2C1=O. The molecule has 9 heteroatoms. The van der Waals surface area contributed by atoms with E-state index in [4.69, 9.17) is 0 Å². The molecule has 9 nitrogen and oxygen atoms in total. The number of nitro groups is 1. The van der Waals surface area contributed by atoms with Crippen molar-refractivity contribution in [1.29, 1.82) is 0 Å². The van der Waals surface area contributed by atoms with Gasteiger partial charge in [-0.05, 0) is 25.0 Å². The monoisotopic (exact) mass is 395 g/mol. The third-order valence-electron chi connectivity index (χ3n) is 4.58. The van der Waals surface area contributed by atoms with E-state index in [1.807, 2.05) is 18.2 Å². The highest BCUT2D eigenvalue weighted by Gasteiger charge is 2.41. The van der Waals surface area contributed by atoms with Crippen molar-refractivity contribution in [2.45, 2.75) is 19.4 Å². The van der Waals surface area contributed by atoms with Crippen LogP contribution in [-0.4, -0.2) is 45.9 Å². The molecule has 2 aromatic carbocycles. The fourth-order valence-corrected chi connectivity index (χ4v) is 3.14. The van der Waals surface area contributed by atoms with E-state index in [1.165, 1.54) is 19.1 Å². The Kier molecular flexibility index (Phi) is 5.49. The number of amides is 3. The van der Waals surface area contributed by atoms with E-state index in [1.54, 1.807) is 12.1 Å². The van der Waals surface area contributed by atoms with E-state index in [2.05, 4.69) is 5.32 Å². The Morgan fingerprint density at radius 3 is 2.38 bits per heavy atom. The van der Waals surface area contributed by atoms with Crippen LogP contribution in [0.15, 0.2) is 48.5 Å². The van der Waals surface area contributed by atoms with Crippen LogP contribution in [0.1, 0.15) is 33.2 Å². The van der Waals surface area contributed by atoms with Gasteiger partial charge in [0.2, 0.25) is 5.91 Å². The second kappa shape index (κ2) is 8.01. The first-order valence-corrected chi connectivity index (χ1v) is 8.77. The Morgan fingerprint density at radius 2 is 1.76 bits per heavy atom. The fourth-order valence-electron chi connectivity index (χ4n) is 3.14. The zero-order valence-electron chi connectivity index (χ0n) is 15.5. The second-order valence-electron chi connectivity index (χ2n) is 6.57. The molecule has 1 heterocycles. The minimum atomic E-state index is -0.908. The van der Waals surface area contributed by atoms with Crippen molar-refractivity contribution in [3.63, 3.8) is 0 Å². The Hall–Kier alpha value is -3.88. The summed E-state index contributed by atoms with van der Waals surface area (Å²) in [5.74, 6) is -2.68. The first-order valence-electron chi connectivity index (χ1n) is 8.77. The molecule has 0 aromatic heterocycles. The number of carbonyl (C=O) groups is 4. The van der Waals surface area contributed by atoms with Crippen LogP contribution in [0.25, 0.3) is 0 Å². The van der Waals surface area contributed by atoms with E-state index in [0.29, 0.717) is 4.90 Å². The number of hydrogen-bond acceptors (Lipinski definition) is 6. The predicted molar refractivity (Wildman–Crippen MR) is 101 cm³/mol. The van der Waals surface area contributed by atoms with Gasteiger partial charge in [-0.1, -0.05) is 36.4 Å². The lowest BCUT2D eigenvalue weighted by Crippen LogP contribution is -2.47. The van der Waals surface area contributed by atoms with Gasteiger partial charge in [-0.25, -0.2) is 0 Å². The Morgan fingerprint density at radius 1 is 1.07 bits per heavy atom. The number of hydrogen-bond donors (Lipinski definition) is 1. The van der Waals surface area contributed by atoms with Crippen molar-refractivity contribution >= 4 is 29.2 Å². The van der Waals surface area contributed by atoms with Gasteiger partial charge in [0.05, 0.1) is 16.5 Å². The van der Waals surface area contributed by atoms with Crippen molar-refractivity contribution in [2.75, 3.05) is 6.54 Å². The lowest BCUT2D eigenvalue weighted by molar-refractivity contribution is -0.385. The van der Waals surface area contributed by atoms with Gasteiger partial charge in [0.1, 0.15) is 12.1 Å². The van der Waals surface area contributed by atoms with Gasteiger partial charge in [-0.3, -0.25) is 34.2 Å². The van der Waals surface area contributed by atoms with Crippen molar-refractivity contribution in [1.82, 2.24) is 10.2 Å². The summed E-state index contributed by atoms with van der Waals surface area (Å²) in [4.78, 5) is 60.4. The molecule has 29 heavy (non-hydrogen) atoms. The molecule has 0 radical (unpaired) electrons. The predicted octanol–water partition coefficient (Wildman–Crippen LogP) is 1.51. The highest BCUT2D eigenvalue weighted by Crippen LogP contribution is 2.30. The van der Waals surface area contributed by atoms with Crippen molar-refractivity contribution in [3.05, 3.63) is 75.3 Å². The summed E-state index contributed by atoms with van der Waals surface area (Å²) in [5.41, 5.74) is -0.106. The molecule has 1 aliphatic heterocycles. The molecule has 3 rings (SSSR count). The molecule has 0 saturated carbocycles. The number of rotatable bonds is 7. The molecule has 1 atom stereocenters. The third-order valence-corrected chi connectivity index (χ3v) is 4.58. The van der Waals surface area contributed by atoms with Crippen LogP contribution >= 0.6 is 0 Å². The first-order chi connectivity index (χ1) is 13.8. The number of benzene rings is 2. The number of Topliss-reactive ketones (excluding diaryl/α,β-unsaturated/α-hetero) is 1. The van der Waals surface area contributed by atoms with Crippen LogP contribution in [0.5, 0.6) is 0 Å². The minimum Gasteiger partial charge on any atom is -0.344 e. The Bertz CT molecular complexity index is 1020. The van der Waals surface area contributed by atoms with Crippen LogP contribution in [-0.2, 0) is 16.0 Å². The minimum absolute atomic E-state index is 0.121. The van der Waals surface area contributed by atoms with Gasteiger partial charge in [0.15, 0.2) is 5.78 Å². The molecular weight excluding hydrogens is 378 g/mol. The topological polar surface area (TPSA) is 127 Å². The molecule has 0 aliphatic carbocycles. The van der Waals surface area contributed by atoms with Crippen molar-refractivity contribution in [3.8, 4) is 0 Å². The molecule has 0 bridgehead atoms. The average molecular weight is 395 g/mol. The summed E-state index contributed by atoms with van der Waals surface area (Å²) in [7, 11) is 0. The molecule has 1 N–H and O–H groups in total. The number of imide groups is 1.